The SMILES string of the molecule is OCCCCC(CO)CO.OP(O)(O)=S. The van der Waals surface area contributed by atoms with Gasteiger partial charge in [-0.3, -0.25) is 0 Å². The number of unbranched alkanes of at least 4 members (excludes halogenated alkanes) is 1. The Labute approximate surface area is 94.1 Å². The van der Waals surface area contributed by atoms with Crippen molar-refractivity contribution in [3.8, 4) is 0 Å². The quantitative estimate of drug-likeness (QED) is 0.266. The van der Waals surface area contributed by atoms with Gasteiger partial charge in [0.05, 0.1) is 0 Å². The van der Waals surface area contributed by atoms with Gasteiger partial charge in [-0.1, -0.05) is 6.42 Å². The van der Waals surface area contributed by atoms with Crippen LogP contribution < -0.4 is 0 Å². The molecule has 0 radical (unpaired) electrons. The molecule has 8 heteroatoms. The summed E-state index contributed by atoms with van der Waals surface area (Å²) in [6, 6.07) is 0. The van der Waals surface area contributed by atoms with Gasteiger partial charge in [0.1, 0.15) is 0 Å². The van der Waals surface area contributed by atoms with Gasteiger partial charge in [-0.2, -0.15) is 0 Å². The van der Waals surface area contributed by atoms with Crippen molar-refractivity contribution in [2.24, 2.45) is 5.92 Å². The molecular formula is C7H19O6PS. The fourth-order valence-electron chi connectivity index (χ4n) is 0.785. The Morgan fingerprint density at radius 1 is 0.933 bits per heavy atom. The first-order chi connectivity index (χ1) is 6.85. The summed E-state index contributed by atoms with van der Waals surface area (Å²) in [5.41, 5.74) is 0. The molecule has 0 aromatic carbocycles. The van der Waals surface area contributed by atoms with Crippen LogP contribution in [-0.4, -0.2) is 49.8 Å². The van der Waals surface area contributed by atoms with Gasteiger partial charge in [-0.25, -0.2) is 0 Å². The number of hydrogen-bond acceptors (Lipinski definition) is 4. The standard InChI is InChI=1S/C7H16O3.H3O3PS/c8-4-2-1-3-7(5-9)6-10;1-4(2,3)5/h7-10H,1-6H2;(H3,1,2,3,5). The van der Waals surface area contributed by atoms with Crippen molar-refractivity contribution in [2.75, 3.05) is 19.8 Å². The Morgan fingerprint density at radius 3 is 1.60 bits per heavy atom. The fraction of sp³-hybridized carbons (Fsp3) is 1.00. The maximum Gasteiger partial charge on any atom is 0.319 e. The van der Waals surface area contributed by atoms with E-state index in [2.05, 4.69) is 11.8 Å². The van der Waals surface area contributed by atoms with Crippen molar-refractivity contribution >= 4 is 18.5 Å². The molecule has 0 aliphatic heterocycles. The molecule has 0 rings (SSSR count). The highest BCUT2D eigenvalue weighted by Gasteiger charge is 2.03. The predicted octanol–water partition coefficient (Wildman–Crippen LogP) is -1.06. The Balaban J connectivity index is 0. The minimum absolute atomic E-state index is 0.00606. The van der Waals surface area contributed by atoms with Crippen LogP contribution in [0.3, 0.4) is 0 Å². The molecule has 0 unspecified atom stereocenters. The molecule has 0 bridgehead atoms. The topological polar surface area (TPSA) is 121 Å². The summed E-state index contributed by atoms with van der Waals surface area (Å²) in [6.07, 6.45) is 2.44. The van der Waals surface area contributed by atoms with Gasteiger partial charge in [-0.05, 0) is 24.6 Å². The summed E-state index contributed by atoms with van der Waals surface area (Å²) >= 11 is 3.60. The van der Waals surface area contributed by atoms with Gasteiger partial charge in [-0.15, -0.1) is 0 Å². The van der Waals surface area contributed by atoms with Crippen molar-refractivity contribution in [2.45, 2.75) is 19.3 Å². The molecule has 0 spiro atoms. The predicted molar refractivity (Wildman–Crippen MR) is 59.5 cm³/mol. The molecule has 0 aliphatic carbocycles. The van der Waals surface area contributed by atoms with Crippen LogP contribution in [0.4, 0.5) is 0 Å². The van der Waals surface area contributed by atoms with E-state index in [-0.39, 0.29) is 25.7 Å². The van der Waals surface area contributed by atoms with Gasteiger partial charge >= 0.3 is 6.72 Å². The summed E-state index contributed by atoms with van der Waals surface area (Å²) < 4.78 is 0. The molecule has 15 heavy (non-hydrogen) atoms. The first-order valence-electron chi connectivity index (χ1n) is 4.46. The highest BCUT2D eigenvalue weighted by atomic mass is 32.5. The van der Waals surface area contributed by atoms with Gasteiger partial charge < -0.3 is 30.0 Å². The van der Waals surface area contributed by atoms with Gasteiger partial charge in [0.15, 0.2) is 0 Å². The lowest BCUT2D eigenvalue weighted by Crippen LogP contribution is -2.10. The van der Waals surface area contributed by atoms with E-state index in [1.807, 2.05) is 0 Å². The molecule has 6 nitrogen and oxygen atoms in total. The van der Waals surface area contributed by atoms with Crippen LogP contribution in [0.1, 0.15) is 19.3 Å². The van der Waals surface area contributed by atoms with E-state index < -0.39 is 6.72 Å². The first-order valence-corrected chi connectivity index (χ1v) is 7.12. The second-order valence-electron chi connectivity index (χ2n) is 2.96. The van der Waals surface area contributed by atoms with Crippen molar-refractivity contribution < 1.29 is 30.0 Å². The summed E-state index contributed by atoms with van der Waals surface area (Å²) in [4.78, 5) is 22.7. The highest BCUT2D eigenvalue weighted by Crippen LogP contribution is 2.26. The van der Waals surface area contributed by atoms with Crippen molar-refractivity contribution in [3.63, 3.8) is 0 Å². The third kappa shape index (κ3) is 25.1. The van der Waals surface area contributed by atoms with Gasteiger partial charge in [0.2, 0.25) is 0 Å². The van der Waals surface area contributed by atoms with Gasteiger partial charge in [0, 0.05) is 25.7 Å². The van der Waals surface area contributed by atoms with E-state index in [1.54, 1.807) is 0 Å². The Kier molecular flexibility index (Phi) is 12.9. The minimum atomic E-state index is -3.81. The largest absolute Gasteiger partial charge is 0.396 e. The van der Waals surface area contributed by atoms with Crippen LogP contribution in [0.5, 0.6) is 0 Å². The molecule has 0 amide bonds. The second kappa shape index (κ2) is 10.9. The highest BCUT2D eigenvalue weighted by molar-refractivity contribution is 8.06. The third-order valence-corrected chi connectivity index (χ3v) is 1.54. The Hall–Kier alpha value is 0.410. The van der Waals surface area contributed by atoms with E-state index in [9.17, 15) is 0 Å². The zero-order valence-corrected chi connectivity index (χ0v) is 10.1. The molecule has 6 N–H and O–H groups in total. The molecule has 0 fully saturated rings. The summed E-state index contributed by atoms with van der Waals surface area (Å²) in [5, 5.41) is 25.6. The average Bonchev–Trinajstić information content (AvgIpc) is 2.10. The molecule has 0 saturated heterocycles. The molecule has 0 aromatic rings. The van der Waals surface area contributed by atoms with Crippen LogP contribution >= 0.6 is 6.72 Å². The van der Waals surface area contributed by atoms with Crippen molar-refractivity contribution in [3.05, 3.63) is 0 Å². The fourth-order valence-corrected chi connectivity index (χ4v) is 0.785. The normalized spacial score (nSPS) is 11.1. The van der Waals surface area contributed by atoms with E-state index in [0.29, 0.717) is 0 Å². The molecule has 0 atom stereocenters. The van der Waals surface area contributed by atoms with Crippen LogP contribution in [0, 0.1) is 5.92 Å². The minimum Gasteiger partial charge on any atom is -0.396 e. The van der Waals surface area contributed by atoms with Crippen LogP contribution in [0.2, 0.25) is 0 Å². The van der Waals surface area contributed by atoms with Crippen LogP contribution in [0.25, 0.3) is 0 Å². The first kappa shape index (κ1) is 17.8. The summed E-state index contributed by atoms with van der Waals surface area (Å²) in [6.45, 7) is -3.52. The average molecular weight is 262 g/mol. The summed E-state index contributed by atoms with van der Waals surface area (Å²) in [5.74, 6) is 0.00606. The van der Waals surface area contributed by atoms with E-state index >= 15 is 0 Å². The maximum absolute atomic E-state index is 8.60. The van der Waals surface area contributed by atoms with Crippen LogP contribution in [-0.2, 0) is 11.8 Å². The van der Waals surface area contributed by atoms with E-state index in [4.69, 9.17) is 30.0 Å². The van der Waals surface area contributed by atoms with Crippen molar-refractivity contribution in [1.29, 1.82) is 0 Å². The Bertz CT molecular complexity index is 161. The van der Waals surface area contributed by atoms with E-state index in [0.717, 1.165) is 19.3 Å². The monoisotopic (exact) mass is 262 g/mol. The van der Waals surface area contributed by atoms with Crippen LogP contribution in [0.15, 0.2) is 0 Å². The lowest BCUT2D eigenvalue weighted by atomic mass is 10.0. The molecule has 0 heterocycles. The number of aliphatic hydroxyl groups is 3. The molecule has 0 aromatic heterocycles. The number of rotatable bonds is 6. The second-order valence-corrected chi connectivity index (χ2v) is 5.46. The Morgan fingerprint density at radius 2 is 1.33 bits per heavy atom. The van der Waals surface area contributed by atoms with E-state index in [1.165, 1.54) is 0 Å². The van der Waals surface area contributed by atoms with Gasteiger partial charge in [0.25, 0.3) is 0 Å². The smallest absolute Gasteiger partial charge is 0.319 e. The molecule has 0 saturated carbocycles. The number of aliphatic hydroxyl groups excluding tert-OH is 3. The lowest BCUT2D eigenvalue weighted by Gasteiger charge is -2.08. The van der Waals surface area contributed by atoms with Crippen molar-refractivity contribution in [1.82, 2.24) is 0 Å². The number of hydrogen-bond donors (Lipinski definition) is 6. The zero-order chi connectivity index (χ0) is 12.3. The molecule has 0 aliphatic rings. The zero-order valence-electron chi connectivity index (χ0n) is 8.36. The third-order valence-electron chi connectivity index (χ3n) is 1.54. The maximum atomic E-state index is 8.60. The molecule has 94 valence electrons. The lowest BCUT2D eigenvalue weighted by molar-refractivity contribution is 0.139. The summed E-state index contributed by atoms with van der Waals surface area (Å²) in [7, 11) is 0. The molecular weight excluding hydrogens is 243 g/mol.